The van der Waals surface area contributed by atoms with Crippen LogP contribution in [0.15, 0.2) is 122 Å². The topological polar surface area (TPSA) is 237 Å². The molecular weight excluding hydrogens is 1350 g/mol. The largest absolute Gasteiger partial charge is 0.472 e. The molecule has 19 heteroatoms. The summed E-state index contributed by atoms with van der Waals surface area (Å²) in [6.07, 6.45) is 84.6. The fourth-order valence-electron chi connectivity index (χ4n) is 10.8. The minimum atomic E-state index is -4.99. The molecule has 0 bridgehead atoms. The van der Waals surface area contributed by atoms with E-state index in [0.29, 0.717) is 25.7 Å². The van der Waals surface area contributed by atoms with Gasteiger partial charge in [0.15, 0.2) is 12.2 Å². The number of allylic oxidation sites excluding steroid dienone is 20. The summed E-state index contributed by atoms with van der Waals surface area (Å²) in [6, 6.07) is 0. The molecule has 0 amide bonds. The molecule has 0 radical (unpaired) electrons. The van der Waals surface area contributed by atoms with Crippen molar-refractivity contribution in [2.45, 2.75) is 354 Å². The van der Waals surface area contributed by atoms with Crippen molar-refractivity contribution in [2.24, 2.45) is 0 Å². The van der Waals surface area contributed by atoms with Crippen molar-refractivity contribution in [2.75, 3.05) is 39.6 Å². The highest BCUT2D eigenvalue weighted by molar-refractivity contribution is 7.47. The summed E-state index contributed by atoms with van der Waals surface area (Å²) in [4.78, 5) is 73.1. The van der Waals surface area contributed by atoms with Gasteiger partial charge in [-0.15, -0.1) is 0 Å². The second-order valence-corrected chi connectivity index (χ2v) is 29.9. The van der Waals surface area contributed by atoms with E-state index in [1.165, 1.54) is 83.5 Å². The Bertz CT molecular complexity index is 2440. The summed E-state index contributed by atoms with van der Waals surface area (Å²) in [5.74, 6) is -2.24. The van der Waals surface area contributed by atoms with Crippen LogP contribution in [0.4, 0.5) is 0 Å². The Morgan fingerprint density at radius 1 is 0.279 bits per heavy atom. The monoisotopic (exact) mass is 1500 g/mol. The smallest absolute Gasteiger partial charge is 0.462 e. The van der Waals surface area contributed by atoms with Crippen molar-refractivity contribution in [3.8, 4) is 0 Å². The predicted molar refractivity (Wildman–Crippen MR) is 427 cm³/mol. The third-order valence-electron chi connectivity index (χ3n) is 16.9. The standard InChI is InChI=1S/C85H146O17P2/c1-5-9-13-17-21-25-29-33-37-38-39-40-44-46-50-54-58-62-66-70-83(88)96-76-81(102-85(90)72-68-64-60-56-52-48-43-36-32-28-24-20-16-12-8-4)78-100-104(93,94)98-74-79(86)73-97-103(91,92)99-77-80(101-84(89)71-67-63-59-55-51-47-42-35-31-27-23-19-15-11-7-3)75-95-82(87)69-65-61-57-53-49-45-41-34-30-26-22-18-14-10-6-2/h10,12,14,16,21-22,24-26,28,33-34,36-37,39-41,43,49,53,79-81,86H,5-9,11,13,15,17-20,23,27,29-32,35,38,42,44-48,50-52,54-78H2,1-4H3,(H,91,92)(H,93,94)/b14-10-,16-12-,25-21-,26-22-,28-24-,37-33-,40-39-,41-34-,43-36-,53-49-. The number of esters is 4. The number of aliphatic hydroxyl groups is 1. The third-order valence-corrected chi connectivity index (χ3v) is 18.8. The van der Waals surface area contributed by atoms with Gasteiger partial charge in [0.2, 0.25) is 0 Å². The zero-order valence-corrected chi connectivity index (χ0v) is 67.2. The molecule has 0 aliphatic carbocycles. The van der Waals surface area contributed by atoms with Gasteiger partial charge in [-0.05, 0) is 135 Å². The third kappa shape index (κ3) is 75.7. The number of carbonyl (C=O) groups excluding carboxylic acids is 4. The number of phosphoric ester groups is 2. The van der Waals surface area contributed by atoms with Gasteiger partial charge in [0.05, 0.1) is 26.4 Å². The molecule has 0 heterocycles. The SMILES string of the molecule is CC/C=C\C/C=C\C/C=C\C/C=C\CCCCC(=O)OCC(COP(=O)(O)OCC(O)COP(=O)(O)OCC(COC(=O)CCCCCCCC/C=C\C/C=C\C/C=C\CCCCC)OC(=O)CCCCCCC/C=C\C/C=C\C/C=C\CC)OC(=O)CCCCCCCCCCCCCCCCC. The van der Waals surface area contributed by atoms with Crippen LogP contribution in [0.2, 0.25) is 0 Å². The molecular formula is C85H146O17P2. The average molecular weight is 1500 g/mol. The van der Waals surface area contributed by atoms with E-state index in [9.17, 15) is 43.2 Å². The van der Waals surface area contributed by atoms with Gasteiger partial charge in [0.1, 0.15) is 19.3 Å². The summed E-state index contributed by atoms with van der Waals surface area (Å²) < 4.78 is 68.6. The van der Waals surface area contributed by atoms with E-state index in [4.69, 9.17) is 37.0 Å². The minimum absolute atomic E-state index is 0.0699. The molecule has 0 saturated carbocycles. The van der Waals surface area contributed by atoms with Gasteiger partial charge in [0.25, 0.3) is 0 Å². The highest BCUT2D eigenvalue weighted by atomic mass is 31.2. The van der Waals surface area contributed by atoms with Crippen molar-refractivity contribution in [3.63, 3.8) is 0 Å². The number of carbonyl (C=O) groups is 4. The fourth-order valence-corrected chi connectivity index (χ4v) is 12.3. The number of ether oxygens (including phenoxy) is 4. The number of unbranched alkanes of at least 4 members (excludes halogenated alkanes) is 30. The lowest BCUT2D eigenvalue weighted by atomic mass is 10.0. The first-order chi connectivity index (χ1) is 50.7. The van der Waals surface area contributed by atoms with Crippen LogP contribution in [0, 0.1) is 0 Å². The molecule has 104 heavy (non-hydrogen) atoms. The first kappa shape index (κ1) is 99.5. The number of hydrogen-bond acceptors (Lipinski definition) is 15. The predicted octanol–water partition coefficient (Wildman–Crippen LogP) is 23.9. The number of hydrogen-bond donors (Lipinski definition) is 3. The van der Waals surface area contributed by atoms with Crippen LogP contribution in [0.5, 0.6) is 0 Å². The molecule has 5 atom stereocenters. The Balaban J connectivity index is 5.40. The van der Waals surface area contributed by atoms with Crippen molar-refractivity contribution < 1.29 is 80.2 Å². The Morgan fingerprint density at radius 2 is 0.500 bits per heavy atom. The molecule has 0 fully saturated rings. The quantitative estimate of drug-likeness (QED) is 0.0169. The van der Waals surface area contributed by atoms with E-state index in [-0.39, 0.29) is 25.7 Å². The fraction of sp³-hybridized carbons (Fsp3) is 0.718. The minimum Gasteiger partial charge on any atom is -0.462 e. The van der Waals surface area contributed by atoms with Crippen LogP contribution >= 0.6 is 15.6 Å². The van der Waals surface area contributed by atoms with Gasteiger partial charge in [-0.25, -0.2) is 9.13 Å². The number of rotatable bonds is 76. The molecule has 0 aromatic carbocycles. The molecule has 0 aromatic heterocycles. The molecule has 5 unspecified atom stereocenters. The van der Waals surface area contributed by atoms with Crippen molar-refractivity contribution in [1.29, 1.82) is 0 Å². The van der Waals surface area contributed by atoms with Crippen LogP contribution in [0.25, 0.3) is 0 Å². The van der Waals surface area contributed by atoms with Crippen molar-refractivity contribution in [3.05, 3.63) is 122 Å². The first-order valence-corrected chi connectivity index (χ1v) is 43.8. The highest BCUT2D eigenvalue weighted by Crippen LogP contribution is 2.45. The Hall–Kier alpha value is -4.54. The lowest BCUT2D eigenvalue weighted by molar-refractivity contribution is -0.161. The molecule has 0 saturated heterocycles. The van der Waals surface area contributed by atoms with Gasteiger partial charge in [-0.2, -0.15) is 0 Å². The van der Waals surface area contributed by atoms with E-state index >= 15 is 0 Å². The van der Waals surface area contributed by atoms with Crippen LogP contribution in [0.1, 0.15) is 336 Å². The zero-order valence-electron chi connectivity index (χ0n) is 65.4. The molecule has 3 N–H and O–H groups in total. The number of phosphoric acid groups is 2. The van der Waals surface area contributed by atoms with Gasteiger partial charge >= 0.3 is 39.5 Å². The number of aliphatic hydroxyl groups excluding tert-OH is 1. The maximum absolute atomic E-state index is 13.1. The summed E-state index contributed by atoms with van der Waals surface area (Å²) in [6.45, 7) is 4.58. The Kier molecular flexibility index (Phi) is 73.3. The Labute approximate surface area is 632 Å². The van der Waals surface area contributed by atoms with Gasteiger partial charge in [0, 0.05) is 25.7 Å². The van der Waals surface area contributed by atoms with E-state index in [2.05, 4.69) is 149 Å². The van der Waals surface area contributed by atoms with Crippen molar-refractivity contribution in [1.82, 2.24) is 0 Å². The molecule has 0 rings (SSSR count). The maximum atomic E-state index is 13.1. The van der Waals surface area contributed by atoms with Crippen molar-refractivity contribution >= 4 is 39.5 Å². The highest BCUT2D eigenvalue weighted by Gasteiger charge is 2.30. The summed E-state index contributed by atoms with van der Waals surface area (Å²) in [5.41, 5.74) is 0. The molecule has 0 spiro atoms. The van der Waals surface area contributed by atoms with Crippen LogP contribution < -0.4 is 0 Å². The van der Waals surface area contributed by atoms with E-state index in [1.807, 2.05) is 0 Å². The lowest BCUT2D eigenvalue weighted by Crippen LogP contribution is -2.30. The summed E-state index contributed by atoms with van der Waals surface area (Å²) in [5, 5.41) is 10.6. The molecule has 598 valence electrons. The zero-order chi connectivity index (χ0) is 76.0. The van der Waals surface area contributed by atoms with Gasteiger partial charge in [-0.3, -0.25) is 37.3 Å². The van der Waals surface area contributed by atoms with Crippen LogP contribution in [-0.4, -0.2) is 96.7 Å². The van der Waals surface area contributed by atoms with E-state index in [1.54, 1.807) is 0 Å². The second-order valence-electron chi connectivity index (χ2n) is 27.0. The maximum Gasteiger partial charge on any atom is 0.472 e. The second kappa shape index (κ2) is 76.6. The average Bonchev–Trinajstić information content (AvgIpc) is 0.912. The van der Waals surface area contributed by atoms with Gasteiger partial charge < -0.3 is 33.8 Å². The normalized spacial score (nSPS) is 14.5. The van der Waals surface area contributed by atoms with E-state index in [0.717, 1.165) is 173 Å². The Morgan fingerprint density at radius 3 is 0.808 bits per heavy atom. The van der Waals surface area contributed by atoms with Gasteiger partial charge in [-0.1, -0.05) is 297 Å². The first-order valence-electron chi connectivity index (χ1n) is 40.8. The molecule has 0 aromatic rings. The summed E-state index contributed by atoms with van der Waals surface area (Å²) in [7, 11) is -9.98. The molecule has 0 aliphatic heterocycles. The lowest BCUT2D eigenvalue weighted by Gasteiger charge is -2.21. The molecule has 0 aliphatic rings. The van der Waals surface area contributed by atoms with Crippen LogP contribution in [-0.2, 0) is 65.4 Å². The van der Waals surface area contributed by atoms with E-state index < -0.39 is 97.5 Å². The van der Waals surface area contributed by atoms with Crippen LogP contribution in [0.3, 0.4) is 0 Å². The summed E-state index contributed by atoms with van der Waals surface area (Å²) >= 11 is 0. The molecule has 17 nitrogen and oxygen atoms in total.